The highest BCUT2D eigenvalue weighted by molar-refractivity contribution is 5.86. The Morgan fingerprint density at radius 2 is 1.97 bits per heavy atom. The van der Waals surface area contributed by atoms with E-state index in [-0.39, 0.29) is 19.0 Å². The molecule has 1 aliphatic rings. The first kappa shape index (κ1) is 20.4. The van der Waals surface area contributed by atoms with Gasteiger partial charge in [-0.15, -0.1) is 0 Å². The second kappa shape index (κ2) is 7.45. The van der Waals surface area contributed by atoms with Crippen LogP contribution in [0.2, 0.25) is 0 Å². The summed E-state index contributed by atoms with van der Waals surface area (Å²) in [4.78, 5) is 17.0. The molecule has 1 saturated heterocycles. The number of carbonyl (C=O) groups is 1. The van der Waals surface area contributed by atoms with E-state index in [0.29, 0.717) is 12.8 Å². The molecule has 0 N–H and O–H groups in total. The third-order valence-corrected chi connectivity index (χ3v) is 5.87. The van der Waals surface area contributed by atoms with E-state index < -0.39 is 12.1 Å². The third-order valence-electron chi connectivity index (χ3n) is 5.87. The molecule has 4 rings (SSSR count). The van der Waals surface area contributed by atoms with Gasteiger partial charge in [0.1, 0.15) is 11.4 Å². The summed E-state index contributed by atoms with van der Waals surface area (Å²) in [5.41, 5.74) is 4.61. The van der Waals surface area contributed by atoms with Crippen LogP contribution in [-0.4, -0.2) is 44.8 Å². The summed E-state index contributed by atoms with van der Waals surface area (Å²) in [6.45, 7) is 4.02. The fourth-order valence-electron chi connectivity index (χ4n) is 4.36. The average Bonchev–Trinajstić information content (AvgIpc) is 3.19. The van der Waals surface area contributed by atoms with Crippen LogP contribution in [0.3, 0.4) is 0 Å². The molecule has 6 nitrogen and oxygen atoms in total. The van der Waals surface area contributed by atoms with Crippen LogP contribution in [0.15, 0.2) is 23.0 Å². The van der Waals surface area contributed by atoms with Crippen molar-refractivity contribution in [3.05, 3.63) is 35.5 Å². The Kier molecular flexibility index (Phi) is 5.07. The van der Waals surface area contributed by atoms with E-state index in [9.17, 15) is 18.0 Å². The second-order valence-corrected chi connectivity index (χ2v) is 8.00. The van der Waals surface area contributed by atoms with Crippen molar-refractivity contribution < 1.29 is 22.5 Å². The van der Waals surface area contributed by atoms with Crippen molar-refractivity contribution in [2.24, 2.45) is 13.0 Å². The number of piperidine rings is 1. The normalized spacial score (nSPS) is 15.9. The Labute approximate surface area is 171 Å². The van der Waals surface area contributed by atoms with Crippen molar-refractivity contribution in [1.29, 1.82) is 0 Å². The van der Waals surface area contributed by atoms with Gasteiger partial charge < -0.3 is 14.0 Å². The van der Waals surface area contributed by atoms with Crippen LogP contribution >= 0.6 is 0 Å². The van der Waals surface area contributed by atoms with Crippen LogP contribution < -0.4 is 0 Å². The van der Waals surface area contributed by atoms with Crippen LogP contribution in [-0.2, 0) is 18.3 Å². The fraction of sp³-hybridized carbons (Fsp3) is 0.476. The van der Waals surface area contributed by atoms with Gasteiger partial charge in [0.15, 0.2) is 0 Å². The van der Waals surface area contributed by atoms with Crippen LogP contribution in [0, 0.1) is 19.8 Å². The molecule has 4 heterocycles. The van der Waals surface area contributed by atoms with Crippen molar-refractivity contribution >= 4 is 16.9 Å². The molecule has 160 valence electrons. The molecule has 0 spiro atoms. The van der Waals surface area contributed by atoms with Crippen molar-refractivity contribution in [2.75, 3.05) is 13.1 Å². The molecule has 3 aromatic heterocycles. The first-order chi connectivity index (χ1) is 14.1. The van der Waals surface area contributed by atoms with Crippen molar-refractivity contribution in [1.82, 2.24) is 19.6 Å². The molecule has 3 aromatic rings. The van der Waals surface area contributed by atoms with Crippen LogP contribution in [0.5, 0.6) is 0 Å². The number of likely N-dealkylation sites (tertiary alicyclic amines) is 1. The highest BCUT2D eigenvalue weighted by Gasteiger charge is 2.43. The highest BCUT2D eigenvalue weighted by atomic mass is 19.4. The zero-order valence-corrected chi connectivity index (χ0v) is 17.1. The Balaban J connectivity index is 1.55. The topological polar surface area (TPSA) is 64.2 Å². The van der Waals surface area contributed by atoms with E-state index in [1.54, 1.807) is 6.20 Å². The van der Waals surface area contributed by atoms with E-state index in [1.165, 1.54) is 0 Å². The van der Waals surface area contributed by atoms with Gasteiger partial charge in [-0.25, -0.2) is 4.98 Å². The number of nitrogens with zero attached hydrogens (tertiary/aromatic N) is 4. The molecule has 9 heteroatoms. The molecule has 0 unspecified atom stereocenters. The minimum absolute atomic E-state index is 0.135. The largest absolute Gasteiger partial charge is 0.471 e. The highest BCUT2D eigenvalue weighted by Crippen LogP contribution is 2.32. The van der Waals surface area contributed by atoms with Gasteiger partial charge in [0, 0.05) is 49.0 Å². The number of aryl methyl sites for hydroxylation is 3. The second-order valence-electron chi connectivity index (χ2n) is 8.00. The lowest BCUT2D eigenvalue weighted by Crippen LogP contribution is -2.45. The SMILES string of the molecule is Cc1noc(C)c1-c1cnc2c(c1)c(CC1CCN(C(=O)C(F)(F)F)CC1)cn2C. The third kappa shape index (κ3) is 3.68. The lowest BCUT2D eigenvalue weighted by Gasteiger charge is -2.32. The number of amides is 1. The molecule has 0 bridgehead atoms. The average molecular weight is 420 g/mol. The number of hydrogen-bond donors (Lipinski definition) is 0. The van der Waals surface area contributed by atoms with Gasteiger partial charge in [-0.05, 0) is 50.7 Å². The summed E-state index contributed by atoms with van der Waals surface area (Å²) < 4.78 is 45.2. The summed E-state index contributed by atoms with van der Waals surface area (Å²) in [5, 5.41) is 5.03. The van der Waals surface area contributed by atoms with Crippen LogP contribution in [0.25, 0.3) is 22.2 Å². The number of pyridine rings is 1. The van der Waals surface area contributed by atoms with E-state index in [0.717, 1.165) is 50.5 Å². The molecular weight excluding hydrogens is 397 g/mol. The number of fused-ring (bicyclic) bond motifs is 1. The first-order valence-corrected chi connectivity index (χ1v) is 9.88. The molecule has 1 fully saturated rings. The van der Waals surface area contributed by atoms with E-state index >= 15 is 0 Å². The number of carbonyl (C=O) groups excluding carboxylic acids is 1. The van der Waals surface area contributed by atoms with Crippen LogP contribution in [0.1, 0.15) is 29.9 Å². The molecule has 0 aliphatic carbocycles. The van der Waals surface area contributed by atoms with Crippen molar-refractivity contribution in [3.8, 4) is 11.1 Å². The van der Waals surface area contributed by atoms with Gasteiger partial charge in [0.05, 0.1) is 5.69 Å². The number of halogens is 3. The summed E-state index contributed by atoms with van der Waals surface area (Å²) in [6.07, 6.45) is 0.868. The molecule has 30 heavy (non-hydrogen) atoms. The maximum atomic E-state index is 12.7. The summed E-state index contributed by atoms with van der Waals surface area (Å²) in [5.74, 6) is -0.789. The Morgan fingerprint density at radius 1 is 1.27 bits per heavy atom. The minimum Gasteiger partial charge on any atom is -0.361 e. The molecule has 0 atom stereocenters. The van der Waals surface area contributed by atoms with Gasteiger partial charge in [0.25, 0.3) is 0 Å². The first-order valence-electron chi connectivity index (χ1n) is 9.88. The summed E-state index contributed by atoms with van der Waals surface area (Å²) >= 11 is 0. The predicted octanol–water partition coefficient (Wildman–Crippen LogP) is 4.19. The van der Waals surface area contributed by atoms with Crippen molar-refractivity contribution in [2.45, 2.75) is 39.3 Å². The van der Waals surface area contributed by atoms with Gasteiger partial charge >= 0.3 is 12.1 Å². The number of hydrogen-bond acceptors (Lipinski definition) is 4. The van der Waals surface area contributed by atoms with Gasteiger partial charge in [-0.2, -0.15) is 13.2 Å². The van der Waals surface area contributed by atoms with E-state index in [2.05, 4.69) is 16.2 Å². The minimum atomic E-state index is -4.80. The Morgan fingerprint density at radius 3 is 2.57 bits per heavy atom. The molecule has 0 saturated carbocycles. The quantitative estimate of drug-likeness (QED) is 0.638. The smallest absolute Gasteiger partial charge is 0.361 e. The Bertz CT molecular complexity index is 1070. The van der Waals surface area contributed by atoms with E-state index in [1.807, 2.05) is 31.7 Å². The molecular formula is C21H23F3N4O2. The lowest BCUT2D eigenvalue weighted by molar-refractivity contribution is -0.186. The van der Waals surface area contributed by atoms with Gasteiger partial charge in [0.2, 0.25) is 0 Å². The fourth-order valence-corrected chi connectivity index (χ4v) is 4.36. The maximum Gasteiger partial charge on any atom is 0.471 e. The maximum absolute atomic E-state index is 12.7. The number of aromatic nitrogens is 3. The standard InChI is InChI=1S/C21H23F3N4O2/c1-12-18(13(2)30-26-12)15-9-17-16(11-27(3)19(17)25-10-15)8-14-4-6-28(7-5-14)20(29)21(22,23)24/h9-11,14H,4-8H2,1-3H3. The predicted molar refractivity (Wildman–Crippen MR) is 105 cm³/mol. The molecule has 1 amide bonds. The monoisotopic (exact) mass is 420 g/mol. The number of alkyl halides is 3. The van der Waals surface area contributed by atoms with E-state index in [4.69, 9.17) is 4.52 Å². The molecule has 0 aromatic carbocycles. The van der Waals surface area contributed by atoms with Gasteiger partial charge in [-0.1, -0.05) is 5.16 Å². The van der Waals surface area contributed by atoms with Crippen LogP contribution in [0.4, 0.5) is 13.2 Å². The lowest BCUT2D eigenvalue weighted by atomic mass is 9.90. The molecule has 1 aliphatic heterocycles. The molecule has 0 radical (unpaired) electrons. The number of rotatable bonds is 3. The zero-order chi connectivity index (χ0) is 21.6. The van der Waals surface area contributed by atoms with Gasteiger partial charge in [-0.3, -0.25) is 4.79 Å². The summed E-state index contributed by atoms with van der Waals surface area (Å²) in [7, 11) is 1.93. The van der Waals surface area contributed by atoms with Crippen molar-refractivity contribution in [3.63, 3.8) is 0 Å². The Hall–Kier alpha value is -2.84. The zero-order valence-electron chi connectivity index (χ0n) is 17.1. The summed E-state index contributed by atoms with van der Waals surface area (Å²) in [6, 6.07) is 2.08.